The summed E-state index contributed by atoms with van der Waals surface area (Å²) >= 11 is 5.21. The molecule has 0 saturated carbocycles. The molecule has 1 aliphatic heterocycles. The molecule has 0 amide bonds. The number of phenols is 1. The smallest absolute Gasteiger partial charge is 0.170 e. The van der Waals surface area contributed by atoms with Crippen molar-refractivity contribution < 1.29 is 9.84 Å². The molecule has 1 fully saturated rings. The van der Waals surface area contributed by atoms with Gasteiger partial charge in [0.2, 0.25) is 0 Å². The third kappa shape index (κ3) is 5.02. The highest BCUT2D eigenvalue weighted by atomic mass is 32.1. The van der Waals surface area contributed by atoms with Crippen LogP contribution in [-0.2, 0) is 4.74 Å². The standard InChI is InChI=1S/C13H19N3O2S/c17-12-3-1-11(2-4-12)15-13(19)14-5-6-16-7-9-18-10-8-16/h1-4,17H,5-10H2,(H2,14,15,19). The first kappa shape index (κ1) is 14.0. The van der Waals surface area contributed by atoms with Crippen molar-refractivity contribution >= 4 is 23.0 Å². The van der Waals surface area contributed by atoms with Gasteiger partial charge in [-0.3, -0.25) is 4.90 Å². The summed E-state index contributed by atoms with van der Waals surface area (Å²) in [4.78, 5) is 2.35. The van der Waals surface area contributed by atoms with Crippen LogP contribution in [0.5, 0.6) is 5.75 Å². The molecule has 0 bridgehead atoms. The lowest BCUT2D eigenvalue weighted by atomic mass is 10.3. The zero-order chi connectivity index (χ0) is 13.5. The number of nitrogens with zero attached hydrogens (tertiary/aromatic N) is 1. The fourth-order valence-electron chi connectivity index (χ4n) is 1.87. The summed E-state index contributed by atoms with van der Waals surface area (Å²) in [5.74, 6) is 0.247. The van der Waals surface area contributed by atoms with E-state index >= 15 is 0 Å². The van der Waals surface area contributed by atoms with Gasteiger partial charge in [0.25, 0.3) is 0 Å². The Morgan fingerprint density at radius 1 is 1.26 bits per heavy atom. The van der Waals surface area contributed by atoms with E-state index < -0.39 is 0 Å². The van der Waals surface area contributed by atoms with Crippen molar-refractivity contribution in [3.05, 3.63) is 24.3 Å². The van der Waals surface area contributed by atoms with Crippen molar-refractivity contribution in [3.63, 3.8) is 0 Å². The van der Waals surface area contributed by atoms with Gasteiger partial charge in [0, 0.05) is 31.9 Å². The highest BCUT2D eigenvalue weighted by Crippen LogP contribution is 2.13. The molecule has 0 spiro atoms. The van der Waals surface area contributed by atoms with E-state index in [9.17, 15) is 5.11 Å². The van der Waals surface area contributed by atoms with Crippen molar-refractivity contribution in [1.29, 1.82) is 0 Å². The number of nitrogens with one attached hydrogen (secondary N) is 2. The molecule has 0 aromatic heterocycles. The summed E-state index contributed by atoms with van der Waals surface area (Å²) in [7, 11) is 0. The van der Waals surface area contributed by atoms with Gasteiger partial charge >= 0.3 is 0 Å². The van der Waals surface area contributed by atoms with E-state index in [1.165, 1.54) is 0 Å². The molecule has 0 atom stereocenters. The van der Waals surface area contributed by atoms with E-state index in [1.807, 2.05) is 0 Å². The number of phenolic OH excluding ortho intramolecular Hbond substituents is 1. The van der Waals surface area contributed by atoms with Crippen LogP contribution >= 0.6 is 12.2 Å². The largest absolute Gasteiger partial charge is 0.508 e. The molecule has 6 heteroatoms. The maximum absolute atomic E-state index is 9.18. The lowest BCUT2D eigenvalue weighted by Crippen LogP contribution is -2.42. The monoisotopic (exact) mass is 281 g/mol. The predicted octanol–water partition coefficient (Wildman–Crippen LogP) is 1.01. The van der Waals surface area contributed by atoms with Crippen LogP contribution in [0.3, 0.4) is 0 Å². The van der Waals surface area contributed by atoms with Crippen LogP contribution in [-0.4, -0.2) is 54.5 Å². The second kappa shape index (κ2) is 7.28. The van der Waals surface area contributed by atoms with E-state index in [2.05, 4.69) is 15.5 Å². The molecule has 2 rings (SSSR count). The van der Waals surface area contributed by atoms with Gasteiger partial charge in [-0.15, -0.1) is 0 Å². The summed E-state index contributed by atoms with van der Waals surface area (Å²) < 4.78 is 5.30. The van der Waals surface area contributed by atoms with E-state index in [1.54, 1.807) is 24.3 Å². The number of thiocarbonyl (C=S) groups is 1. The average Bonchev–Trinajstić information content (AvgIpc) is 2.43. The van der Waals surface area contributed by atoms with Gasteiger partial charge in [-0.25, -0.2) is 0 Å². The van der Waals surface area contributed by atoms with Gasteiger partial charge in [-0.05, 0) is 36.5 Å². The van der Waals surface area contributed by atoms with Crippen molar-refractivity contribution in [1.82, 2.24) is 10.2 Å². The molecule has 1 aromatic rings. The quantitative estimate of drug-likeness (QED) is 0.566. The highest BCUT2D eigenvalue weighted by Gasteiger charge is 2.09. The van der Waals surface area contributed by atoms with Crippen LogP contribution in [0, 0.1) is 0 Å². The van der Waals surface area contributed by atoms with Gasteiger partial charge in [0.15, 0.2) is 5.11 Å². The minimum atomic E-state index is 0.247. The molecule has 0 aliphatic carbocycles. The van der Waals surface area contributed by atoms with Gasteiger partial charge in [0.05, 0.1) is 13.2 Å². The Labute approximate surface area is 118 Å². The molecule has 0 radical (unpaired) electrons. The minimum absolute atomic E-state index is 0.247. The van der Waals surface area contributed by atoms with Crippen LogP contribution in [0.1, 0.15) is 0 Å². The Hall–Kier alpha value is -1.37. The van der Waals surface area contributed by atoms with Crippen LogP contribution in [0.4, 0.5) is 5.69 Å². The first-order chi connectivity index (χ1) is 9.24. The Morgan fingerprint density at radius 2 is 1.95 bits per heavy atom. The maximum Gasteiger partial charge on any atom is 0.170 e. The maximum atomic E-state index is 9.18. The number of ether oxygens (including phenoxy) is 1. The molecule has 3 N–H and O–H groups in total. The minimum Gasteiger partial charge on any atom is -0.508 e. The number of morpholine rings is 1. The number of hydrogen-bond donors (Lipinski definition) is 3. The fourth-order valence-corrected chi connectivity index (χ4v) is 2.09. The van der Waals surface area contributed by atoms with Crippen LogP contribution in [0.2, 0.25) is 0 Å². The zero-order valence-corrected chi connectivity index (χ0v) is 11.6. The van der Waals surface area contributed by atoms with Gasteiger partial charge in [0.1, 0.15) is 5.75 Å². The molecule has 1 aromatic carbocycles. The normalized spacial score (nSPS) is 16.0. The van der Waals surface area contributed by atoms with Crippen LogP contribution in [0.15, 0.2) is 24.3 Å². The molecular formula is C13H19N3O2S. The van der Waals surface area contributed by atoms with Gasteiger partial charge in [-0.1, -0.05) is 0 Å². The molecule has 19 heavy (non-hydrogen) atoms. The van der Waals surface area contributed by atoms with E-state index in [0.29, 0.717) is 5.11 Å². The third-order valence-electron chi connectivity index (χ3n) is 2.94. The zero-order valence-electron chi connectivity index (χ0n) is 10.8. The predicted molar refractivity (Wildman–Crippen MR) is 79.6 cm³/mol. The number of hydrogen-bond acceptors (Lipinski definition) is 4. The van der Waals surface area contributed by atoms with Crippen molar-refractivity contribution in [2.75, 3.05) is 44.7 Å². The second-order valence-corrected chi connectivity index (χ2v) is 4.79. The number of aromatic hydroxyl groups is 1. The molecule has 1 aliphatic rings. The highest BCUT2D eigenvalue weighted by molar-refractivity contribution is 7.80. The summed E-state index contributed by atoms with van der Waals surface area (Å²) in [6.07, 6.45) is 0. The summed E-state index contributed by atoms with van der Waals surface area (Å²) in [5.41, 5.74) is 0.863. The summed E-state index contributed by atoms with van der Waals surface area (Å²) in [6.45, 7) is 5.37. The first-order valence-corrected chi connectivity index (χ1v) is 6.79. The molecular weight excluding hydrogens is 262 g/mol. The topological polar surface area (TPSA) is 56.8 Å². The second-order valence-electron chi connectivity index (χ2n) is 4.38. The van der Waals surface area contributed by atoms with Crippen LogP contribution in [0.25, 0.3) is 0 Å². The van der Waals surface area contributed by atoms with Gasteiger partial charge in [-0.2, -0.15) is 0 Å². The van der Waals surface area contributed by atoms with Crippen molar-refractivity contribution in [3.8, 4) is 5.75 Å². The summed E-state index contributed by atoms with van der Waals surface area (Å²) in [6, 6.07) is 6.81. The molecule has 104 valence electrons. The van der Waals surface area contributed by atoms with Crippen molar-refractivity contribution in [2.24, 2.45) is 0 Å². The lowest BCUT2D eigenvalue weighted by Gasteiger charge is -2.26. The number of benzene rings is 1. The Bertz CT molecular complexity index is 405. The molecule has 5 nitrogen and oxygen atoms in total. The molecule has 0 unspecified atom stereocenters. The van der Waals surface area contributed by atoms with Gasteiger partial charge < -0.3 is 20.5 Å². The SMILES string of the molecule is Oc1ccc(NC(=S)NCCN2CCOCC2)cc1. The lowest BCUT2D eigenvalue weighted by molar-refractivity contribution is 0.0389. The number of rotatable bonds is 4. The van der Waals surface area contributed by atoms with Crippen LogP contribution < -0.4 is 10.6 Å². The van der Waals surface area contributed by atoms with E-state index in [4.69, 9.17) is 17.0 Å². The Morgan fingerprint density at radius 3 is 2.63 bits per heavy atom. The van der Waals surface area contributed by atoms with E-state index in [-0.39, 0.29) is 5.75 Å². The number of anilines is 1. The Balaban J connectivity index is 1.65. The summed E-state index contributed by atoms with van der Waals surface area (Å²) in [5, 5.41) is 16.0. The fraction of sp³-hybridized carbons (Fsp3) is 0.462. The first-order valence-electron chi connectivity index (χ1n) is 6.38. The third-order valence-corrected chi connectivity index (χ3v) is 3.19. The molecule has 1 saturated heterocycles. The average molecular weight is 281 g/mol. The van der Waals surface area contributed by atoms with E-state index in [0.717, 1.165) is 45.1 Å². The van der Waals surface area contributed by atoms with Crippen molar-refractivity contribution in [2.45, 2.75) is 0 Å². The Kier molecular flexibility index (Phi) is 5.38. The molecule has 1 heterocycles.